The number of nitrogens with two attached hydrogens (primary N) is 1. The normalized spacial score (nSPS) is 15.8. The summed E-state index contributed by atoms with van der Waals surface area (Å²) in [5.41, 5.74) is 6.71. The van der Waals surface area contributed by atoms with E-state index in [4.69, 9.17) is 15.2 Å². The molecule has 1 unspecified atom stereocenters. The molecule has 0 heterocycles. The topological polar surface area (TPSA) is 115 Å². The summed E-state index contributed by atoms with van der Waals surface area (Å²) in [5.74, 6) is 1.44. The molecule has 0 aromatic heterocycles. The van der Waals surface area contributed by atoms with E-state index in [-0.39, 0.29) is 18.3 Å². The van der Waals surface area contributed by atoms with Crippen molar-refractivity contribution in [1.82, 2.24) is 10.6 Å². The van der Waals surface area contributed by atoms with Gasteiger partial charge in [-0.3, -0.25) is 9.59 Å². The minimum Gasteiger partial charge on any atom is -0.497 e. The zero-order chi connectivity index (χ0) is 23.5. The number of nitrogens with one attached hydrogen (secondary N) is 2. The van der Waals surface area contributed by atoms with Crippen LogP contribution in [0.4, 0.5) is 0 Å². The molecule has 1 aliphatic carbocycles. The Hall–Kier alpha value is -2.77. The first-order valence-corrected chi connectivity index (χ1v) is 11.4. The molecule has 1 aliphatic rings. The molecule has 0 radical (unpaired) electrons. The van der Waals surface area contributed by atoms with E-state index in [2.05, 4.69) is 15.6 Å². The minimum atomic E-state index is -0.510. The van der Waals surface area contributed by atoms with Gasteiger partial charge in [-0.2, -0.15) is 4.99 Å². The number of amides is 2. The van der Waals surface area contributed by atoms with Crippen LogP contribution in [0.5, 0.6) is 11.5 Å². The molecule has 32 heavy (non-hydrogen) atoms. The molecule has 8 heteroatoms. The van der Waals surface area contributed by atoms with Gasteiger partial charge in [-0.25, -0.2) is 0 Å². The minimum absolute atomic E-state index is 0.0301. The quantitative estimate of drug-likeness (QED) is 0.376. The van der Waals surface area contributed by atoms with E-state index in [1.54, 1.807) is 25.3 Å². The number of methoxy groups -OCH3 is 2. The van der Waals surface area contributed by atoms with Gasteiger partial charge in [0, 0.05) is 18.2 Å². The summed E-state index contributed by atoms with van der Waals surface area (Å²) in [4.78, 5) is 29.3. The van der Waals surface area contributed by atoms with Gasteiger partial charge in [-0.1, -0.05) is 52.0 Å². The Labute approximate surface area is 191 Å². The lowest BCUT2D eigenvalue weighted by Gasteiger charge is -2.27. The highest BCUT2D eigenvalue weighted by atomic mass is 16.5. The van der Waals surface area contributed by atoms with Crippen LogP contribution in [0.3, 0.4) is 0 Å². The number of hydrogen-bond acceptors (Lipinski definition) is 4. The first kappa shape index (κ1) is 25.5. The summed E-state index contributed by atoms with van der Waals surface area (Å²) in [7, 11) is 3.10. The predicted molar refractivity (Wildman–Crippen MR) is 126 cm³/mol. The van der Waals surface area contributed by atoms with Crippen molar-refractivity contribution >= 4 is 17.8 Å². The number of guanidine groups is 1. The fourth-order valence-electron chi connectivity index (χ4n) is 3.96. The lowest BCUT2D eigenvalue weighted by molar-refractivity contribution is -0.123. The van der Waals surface area contributed by atoms with Crippen LogP contribution in [0.15, 0.2) is 23.2 Å². The summed E-state index contributed by atoms with van der Waals surface area (Å²) in [6.07, 6.45) is 6.57. The number of carbonyl (C=O) groups is 2. The lowest BCUT2D eigenvalue weighted by atomic mass is 9.84. The van der Waals surface area contributed by atoms with Crippen molar-refractivity contribution in [1.29, 1.82) is 0 Å². The summed E-state index contributed by atoms with van der Waals surface area (Å²) in [6.45, 7) is 4.69. The lowest BCUT2D eigenvalue weighted by Crippen LogP contribution is -2.51. The van der Waals surface area contributed by atoms with Crippen LogP contribution in [0.1, 0.15) is 57.9 Å². The van der Waals surface area contributed by atoms with E-state index in [0.29, 0.717) is 41.9 Å². The molecule has 2 amide bonds. The summed E-state index contributed by atoms with van der Waals surface area (Å²) in [6, 6.07) is 4.73. The standard InChI is InChI=1S/C24H38N4O4/c1-16(2)15-26-23(30)20(12-17-8-6-5-7-9-17)27-24(25)28-22(29)13-18-10-11-19(31-3)14-21(18)32-4/h10-11,14,16-17,20H,5-9,12-13,15H2,1-4H3,(H,26,30)(H3,25,27,28,29). The van der Waals surface area contributed by atoms with Gasteiger partial charge in [-0.15, -0.1) is 0 Å². The molecule has 8 nitrogen and oxygen atoms in total. The molecular weight excluding hydrogens is 408 g/mol. The van der Waals surface area contributed by atoms with Crippen LogP contribution in [-0.2, 0) is 16.0 Å². The Kier molecular flexibility index (Phi) is 10.3. The third-order valence-electron chi connectivity index (χ3n) is 5.70. The predicted octanol–water partition coefficient (Wildman–Crippen LogP) is 2.79. The fraction of sp³-hybridized carbons (Fsp3) is 0.625. The van der Waals surface area contributed by atoms with E-state index in [1.165, 1.54) is 26.4 Å². The maximum Gasteiger partial charge on any atom is 0.253 e. The summed E-state index contributed by atoms with van der Waals surface area (Å²) in [5, 5.41) is 5.97. The third-order valence-corrected chi connectivity index (χ3v) is 5.70. The van der Waals surface area contributed by atoms with Crippen LogP contribution in [0, 0.1) is 11.8 Å². The largest absolute Gasteiger partial charge is 0.497 e. The molecule has 1 fully saturated rings. The van der Waals surface area contributed by atoms with Gasteiger partial charge < -0.3 is 25.8 Å². The van der Waals surface area contributed by atoms with Crippen molar-refractivity contribution in [3.8, 4) is 11.5 Å². The molecular formula is C24H38N4O4. The van der Waals surface area contributed by atoms with Crippen LogP contribution in [0.25, 0.3) is 0 Å². The smallest absolute Gasteiger partial charge is 0.253 e. The van der Waals surface area contributed by atoms with Crippen molar-refractivity contribution < 1.29 is 19.1 Å². The molecule has 0 bridgehead atoms. The van der Waals surface area contributed by atoms with Gasteiger partial charge in [0.15, 0.2) is 5.96 Å². The first-order valence-electron chi connectivity index (χ1n) is 11.4. The van der Waals surface area contributed by atoms with Crippen LogP contribution in [0.2, 0.25) is 0 Å². The van der Waals surface area contributed by atoms with E-state index < -0.39 is 11.9 Å². The van der Waals surface area contributed by atoms with Gasteiger partial charge >= 0.3 is 0 Å². The van der Waals surface area contributed by atoms with E-state index >= 15 is 0 Å². The number of benzene rings is 1. The monoisotopic (exact) mass is 446 g/mol. The molecule has 0 spiro atoms. The van der Waals surface area contributed by atoms with E-state index in [1.807, 2.05) is 13.8 Å². The highest BCUT2D eigenvalue weighted by molar-refractivity contribution is 5.95. The molecule has 0 saturated heterocycles. The Morgan fingerprint density at radius 1 is 1.16 bits per heavy atom. The highest BCUT2D eigenvalue weighted by Crippen LogP contribution is 2.27. The van der Waals surface area contributed by atoms with Gasteiger partial charge in [0.25, 0.3) is 5.91 Å². The number of hydrogen-bond donors (Lipinski definition) is 3. The Morgan fingerprint density at radius 2 is 1.88 bits per heavy atom. The number of aliphatic imine (C=N–C) groups is 1. The van der Waals surface area contributed by atoms with Gasteiger partial charge in [0.05, 0.1) is 20.6 Å². The highest BCUT2D eigenvalue weighted by Gasteiger charge is 2.25. The summed E-state index contributed by atoms with van der Waals surface area (Å²) < 4.78 is 10.5. The van der Waals surface area contributed by atoms with Crippen molar-refractivity contribution in [2.24, 2.45) is 22.6 Å². The second kappa shape index (κ2) is 12.9. The molecule has 178 valence electrons. The second-order valence-corrected chi connectivity index (χ2v) is 8.82. The molecule has 4 N–H and O–H groups in total. The number of rotatable bonds is 10. The molecule has 1 saturated carbocycles. The average Bonchev–Trinajstić information content (AvgIpc) is 2.77. The van der Waals surface area contributed by atoms with Crippen molar-refractivity contribution in [3.05, 3.63) is 23.8 Å². The Balaban J connectivity index is 2.04. The SMILES string of the molecule is COc1ccc(CC(=O)N=C(N)NC(CC2CCCCC2)C(=O)NCC(C)C)c(OC)c1. The second-order valence-electron chi connectivity index (χ2n) is 8.82. The molecule has 2 rings (SSSR count). The van der Waals surface area contributed by atoms with Crippen LogP contribution < -0.4 is 25.8 Å². The third kappa shape index (κ3) is 8.40. The number of nitrogens with zero attached hydrogens (tertiary/aromatic N) is 1. The molecule has 0 aliphatic heterocycles. The number of ether oxygens (including phenoxy) is 2. The zero-order valence-electron chi connectivity index (χ0n) is 19.8. The van der Waals surface area contributed by atoms with Crippen LogP contribution in [-0.4, -0.2) is 44.6 Å². The summed E-state index contributed by atoms with van der Waals surface area (Å²) >= 11 is 0. The van der Waals surface area contributed by atoms with Crippen molar-refractivity contribution in [2.45, 2.75) is 64.8 Å². The maximum absolute atomic E-state index is 12.8. The zero-order valence-corrected chi connectivity index (χ0v) is 19.8. The van der Waals surface area contributed by atoms with Gasteiger partial charge in [0.2, 0.25) is 5.91 Å². The Morgan fingerprint density at radius 3 is 2.50 bits per heavy atom. The molecule has 1 atom stereocenters. The van der Waals surface area contributed by atoms with Gasteiger partial charge in [-0.05, 0) is 24.3 Å². The Bertz CT molecular complexity index is 788. The first-order chi connectivity index (χ1) is 15.3. The number of carbonyl (C=O) groups excluding carboxylic acids is 2. The molecule has 1 aromatic carbocycles. The van der Waals surface area contributed by atoms with Crippen molar-refractivity contribution in [3.63, 3.8) is 0 Å². The molecule has 1 aromatic rings. The van der Waals surface area contributed by atoms with E-state index in [9.17, 15) is 9.59 Å². The van der Waals surface area contributed by atoms with Crippen molar-refractivity contribution in [2.75, 3.05) is 20.8 Å². The maximum atomic E-state index is 12.8. The average molecular weight is 447 g/mol. The van der Waals surface area contributed by atoms with Gasteiger partial charge in [0.1, 0.15) is 17.5 Å². The van der Waals surface area contributed by atoms with E-state index in [0.717, 1.165) is 12.8 Å². The fourth-order valence-corrected chi connectivity index (χ4v) is 3.96. The van der Waals surface area contributed by atoms with Crippen LogP contribution >= 0.6 is 0 Å².